The fraction of sp³-hybridized carbons (Fsp3) is 0.600. The molecule has 0 aliphatic rings. The van der Waals surface area contributed by atoms with Crippen molar-refractivity contribution >= 4 is 0 Å². The van der Waals surface area contributed by atoms with E-state index >= 15 is 0 Å². The molecule has 2 unspecified atom stereocenters. The lowest BCUT2D eigenvalue weighted by Crippen LogP contribution is -2.33. The number of hydrogen-bond acceptors (Lipinski definition) is 3. The van der Waals surface area contributed by atoms with Gasteiger partial charge in [-0.25, -0.2) is 0 Å². The minimum Gasteiger partial charge on any atom is -0.497 e. The summed E-state index contributed by atoms with van der Waals surface area (Å²) in [7, 11) is 3.44. The van der Waals surface area contributed by atoms with Crippen molar-refractivity contribution in [2.24, 2.45) is 0 Å². The van der Waals surface area contributed by atoms with Gasteiger partial charge in [0.1, 0.15) is 5.75 Å². The Morgan fingerprint density at radius 2 is 1.78 bits per heavy atom. The SMILES string of the molecule is COc1ccc(CCC(C)NCC(C)OC)cc1. The Kier molecular flexibility index (Phi) is 6.76. The van der Waals surface area contributed by atoms with Gasteiger partial charge >= 0.3 is 0 Å². The minimum atomic E-state index is 0.272. The first-order valence-corrected chi connectivity index (χ1v) is 6.54. The lowest BCUT2D eigenvalue weighted by Gasteiger charge is -2.16. The third-order valence-electron chi connectivity index (χ3n) is 3.18. The van der Waals surface area contributed by atoms with E-state index in [2.05, 4.69) is 31.3 Å². The van der Waals surface area contributed by atoms with Crippen LogP contribution in [-0.2, 0) is 11.2 Å². The second-order valence-corrected chi connectivity index (χ2v) is 4.74. The van der Waals surface area contributed by atoms with Crippen LogP contribution in [0.1, 0.15) is 25.8 Å². The third-order valence-corrected chi connectivity index (χ3v) is 3.18. The molecule has 0 aromatic heterocycles. The van der Waals surface area contributed by atoms with Crippen LogP contribution in [0.25, 0.3) is 0 Å². The molecule has 1 aromatic carbocycles. The van der Waals surface area contributed by atoms with Crippen LogP contribution in [-0.4, -0.2) is 32.9 Å². The zero-order valence-electron chi connectivity index (χ0n) is 11.9. The summed E-state index contributed by atoms with van der Waals surface area (Å²) in [6.45, 7) is 5.19. The molecule has 3 heteroatoms. The molecule has 0 saturated heterocycles. The molecule has 0 aliphatic carbocycles. The van der Waals surface area contributed by atoms with E-state index in [1.54, 1.807) is 14.2 Å². The first-order valence-electron chi connectivity index (χ1n) is 6.54. The molecule has 18 heavy (non-hydrogen) atoms. The molecular formula is C15H25NO2. The van der Waals surface area contributed by atoms with Crippen LogP contribution in [0.4, 0.5) is 0 Å². The number of benzene rings is 1. The highest BCUT2D eigenvalue weighted by Crippen LogP contribution is 2.13. The van der Waals surface area contributed by atoms with Gasteiger partial charge in [0.15, 0.2) is 0 Å². The van der Waals surface area contributed by atoms with Crippen molar-refractivity contribution in [1.29, 1.82) is 0 Å². The van der Waals surface area contributed by atoms with Crippen molar-refractivity contribution in [3.63, 3.8) is 0 Å². The van der Waals surface area contributed by atoms with E-state index in [9.17, 15) is 0 Å². The highest BCUT2D eigenvalue weighted by Gasteiger charge is 2.05. The Bertz CT molecular complexity index is 324. The summed E-state index contributed by atoms with van der Waals surface area (Å²) in [5, 5.41) is 3.48. The molecule has 1 aromatic rings. The first-order chi connectivity index (χ1) is 8.65. The molecule has 0 heterocycles. The minimum absolute atomic E-state index is 0.272. The molecule has 0 bridgehead atoms. The van der Waals surface area contributed by atoms with Gasteiger partial charge in [0.25, 0.3) is 0 Å². The fourth-order valence-electron chi connectivity index (χ4n) is 1.73. The van der Waals surface area contributed by atoms with Crippen LogP contribution in [0.5, 0.6) is 5.75 Å². The molecule has 3 nitrogen and oxygen atoms in total. The van der Waals surface area contributed by atoms with Gasteiger partial charge in [-0.2, -0.15) is 0 Å². The molecule has 0 aliphatic heterocycles. The standard InChI is InChI=1S/C15H25NO2/c1-12(16-11-13(2)17-3)5-6-14-7-9-15(18-4)10-8-14/h7-10,12-13,16H,5-6,11H2,1-4H3. The zero-order valence-corrected chi connectivity index (χ0v) is 11.9. The fourth-order valence-corrected chi connectivity index (χ4v) is 1.73. The van der Waals surface area contributed by atoms with Gasteiger partial charge in [0.2, 0.25) is 0 Å². The van der Waals surface area contributed by atoms with Crippen molar-refractivity contribution in [2.45, 2.75) is 38.8 Å². The zero-order chi connectivity index (χ0) is 13.4. The number of aryl methyl sites for hydroxylation is 1. The average Bonchev–Trinajstić information content (AvgIpc) is 2.42. The number of hydrogen-bond donors (Lipinski definition) is 1. The van der Waals surface area contributed by atoms with Crippen molar-refractivity contribution in [3.05, 3.63) is 29.8 Å². The summed E-state index contributed by atoms with van der Waals surface area (Å²) in [4.78, 5) is 0. The molecule has 0 saturated carbocycles. The van der Waals surface area contributed by atoms with Crippen LogP contribution >= 0.6 is 0 Å². The van der Waals surface area contributed by atoms with Gasteiger partial charge in [-0.1, -0.05) is 12.1 Å². The van der Waals surface area contributed by atoms with Crippen molar-refractivity contribution in [2.75, 3.05) is 20.8 Å². The molecule has 1 N–H and O–H groups in total. The average molecular weight is 251 g/mol. The number of nitrogens with one attached hydrogen (secondary N) is 1. The van der Waals surface area contributed by atoms with E-state index in [0.29, 0.717) is 6.04 Å². The largest absolute Gasteiger partial charge is 0.497 e. The molecule has 2 atom stereocenters. The van der Waals surface area contributed by atoms with Gasteiger partial charge in [-0.05, 0) is 44.4 Å². The normalized spacial score (nSPS) is 14.2. The van der Waals surface area contributed by atoms with Gasteiger partial charge < -0.3 is 14.8 Å². The Labute approximate surface area is 110 Å². The van der Waals surface area contributed by atoms with E-state index in [1.165, 1.54) is 5.56 Å². The molecule has 1 rings (SSSR count). The highest BCUT2D eigenvalue weighted by molar-refractivity contribution is 5.27. The van der Waals surface area contributed by atoms with E-state index in [1.807, 2.05) is 12.1 Å². The van der Waals surface area contributed by atoms with Crippen molar-refractivity contribution in [3.8, 4) is 5.75 Å². The molecule has 0 amide bonds. The predicted octanol–water partition coefficient (Wildman–Crippen LogP) is 2.64. The van der Waals surface area contributed by atoms with Crippen LogP contribution < -0.4 is 10.1 Å². The Morgan fingerprint density at radius 1 is 1.11 bits per heavy atom. The van der Waals surface area contributed by atoms with E-state index < -0.39 is 0 Å². The highest BCUT2D eigenvalue weighted by atomic mass is 16.5. The summed E-state index contributed by atoms with van der Waals surface area (Å²) in [6.07, 6.45) is 2.48. The topological polar surface area (TPSA) is 30.5 Å². The van der Waals surface area contributed by atoms with Gasteiger partial charge in [-0.15, -0.1) is 0 Å². The summed E-state index contributed by atoms with van der Waals surface area (Å²) in [5.74, 6) is 0.916. The molecule has 0 fully saturated rings. The van der Waals surface area contributed by atoms with Gasteiger partial charge in [0, 0.05) is 19.7 Å². The third kappa shape index (κ3) is 5.52. The monoisotopic (exact) mass is 251 g/mol. The van der Waals surface area contributed by atoms with Crippen LogP contribution in [0, 0.1) is 0 Å². The predicted molar refractivity (Wildman–Crippen MR) is 75.3 cm³/mol. The van der Waals surface area contributed by atoms with Crippen LogP contribution in [0.15, 0.2) is 24.3 Å². The molecule has 0 radical (unpaired) electrons. The number of methoxy groups -OCH3 is 2. The summed E-state index contributed by atoms with van der Waals surface area (Å²) in [5.41, 5.74) is 1.35. The molecule has 0 spiro atoms. The van der Waals surface area contributed by atoms with E-state index in [4.69, 9.17) is 9.47 Å². The summed E-state index contributed by atoms with van der Waals surface area (Å²) < 4.78 is 10.4. The molecule has 102 valence electrons. The van der Waals surface area contributed by atoms with Crippen LogP contribution in [0.3, 0.4) is 0 Å². The first kappa shape index (κ1) is 15.0. The van der Waals surface area contributed by atoms with E-state index in [0.717, 1.165) is 25.1 Å². The summed E-state index contributed by atoms with van der Waals surface area (Å²) in [6, 6.07) is 8.79. The number of ether oxygens (including phenoxy) is 2. The lowest BCUT2D eigenvalue weighted by atomic mass is 10.1. The van der Waals surface area contributed by atoms with Crippen LogP contribution in [0.2, 0.25) is 0 Å². The maximum Gasteiger partial charge on any atom is 0.118 e. The van der Waals surface area contributed by atoms with E-state index in [-0.39, 0.29) is 6.10 Å². The Hall–Kier alpha value is -1.06. The maximum atomic E-state index is 5.21. The van der Waals surface area contributed by atoms with Crippen molar-refractivity contribution < 1.29 is 9.47 Å². The van der Waals surface area contributed by atoms with Gasteiger partial charge in [-0.3, -0.25) is 0 Å². The van der Waals surface area contributed by atoms with Gasteiger partial charge in [0.05, 0.1) is 13.2 Å². The Balaban J connectivity index is 2.26. The Morgan fingerprint density at radius 3 is 2.33 bits per heavy atom. The lowest BCUT2D eigenvalue weighted by molar-refractivity contribution is 0.114. The second-order valence-electron chi connectivity index (χ2n) is 4.74. The maximum absolute atomic E-state index is 5.21. The summed E-state index contributed by atoms with van der Waals surface area (Å²) >= 11 is 0. The van der Waals surface area contributed by atoms with Crippen molar-refractivity contribution in [1.82, 2.24) is 5.32 Å². The quantitative estimate of drug-likeness (QED) is 0.770. The second kappa shape index (κ2) is 8.11. The smallest absolute Gasteiger partial charge is 0.118 e. The molecular weight excluding hydrogens is 226 g/mol. The number of rotatable bonds is 8.